The molecule has 1 aromatic heterocycles. The van der Waals surface area contributed by atoms with E-state index in [-0.39, 0.29) is 23.4 Å². The van der Waals surface area contributed by atoms with Crippen molar-refractivity contribution >= 4 is 27.9 Å². The van der Waals surface area contributed by atoms with E-state index in [2.05, 4.69) is 5.32 Å². The van der Waals surface area contributed by atoms with Crippen LogP contribution in [0.5, 0.6) is 0 Å². The quantitative estimate of drug-likeness (QED) is 0.532. The SMILES string of the molecule is CC1CCCCC12NC(=O)N(CC(=O)OCc1ccc(S(=O)(=O)N(C)C)o1)C2=O. The molecule has 1 saturated heterocycles. The normalized spacial score (nSPS) is 25.0. The Bertz CT molecular complexity index is 924. The highest BCUT2D eigenvalue weighted by Gasteiger charge is 2.55. The fourth-order valence-electron chi connectivity index (χ4n) is 3.72. The molecule has 0 radical (unpaired) electrons. The number of carbonyl (C=O) groups excluding carboxylic acids is 3. The molecule has 2 unspecified atom stereocenters. The highest BCUT2D eigenvalue weighted by molar-refractivity contribution is 7.88. The molecule has 1 aromatic rings. The minimum Gasteiger partial charge on any atom is -0.456 e. The third-order valence-corrected chi connectivity index (χ3v) is 7.23. The van der Waals surface area contributed by atoms with E-state index in [1.54, 1.807) is 0 Å². The maximum Gasteiger partial charge on any atom is 0.326 e. The van der Waals surface area contributed by atoms with Crippen LogP contribution in [0, 0.1) is 5.92 Å². The van der Waals surface area contributed by atoms with Crippen molar-refractivity contribution in [3.63, 3.8) is 0 Å². The number of furan rings is 1. The average molecular weight is 427 g/mol. The third-order valence-electron chi connectivity index (χ3n) is 5.54. The highest BCUT2D eigenvalue weighted by Crippen LogP contribution is 2.38. The Morgan fingerprint density at radius 3 is 2.72 bits per heavy atom. The van der Waals surface area contributed by atoms with Gasteiger partial charge in [0.1, 0.15) is 24.5 Å². The number of hydrogen-bond donors (Lipinski definition) is 1. The molecule has 29 heavy (non-hydrogen) atoms. The molecule has 0 bridgehead atoms. The molecule has 1 aliphatic carbocycles. The second-order valence-corrected chi connectivity index (χ2v) is 9.69. The molecule has 1 aliphatic heterocycles. The van der Waals surface area contributed by atoms with Crippen molar-refractivity contribution in [3.05, 3.63) is 17.9 Å². The Labute approximate surface area is 169 Å². The monoisotopic (exact) mass is 427 g/mol. The first kappa shape index (κ1) is 21.3. The average Bonchev–Trinajstić information content (AvgIpc) is 3.23. The van der Waals surface area contributed by atoms with E-state index < -0.39 is 40.0 Å². The molecule has 10 nitrogen and oxygen atoms in total. The number of carbonyl (C=O) groups is 3. The van der Waals surface area contributed by atoms with Gasteiger partial charge in [0.2, 0.25) is 5.09 Å². The number of hydrogen-bond acceptors (Lipinski definition) is 7. The van der Waals surface area contributed by atoms with E-state index in [9.17, 15) is 22.8 Å². The summed E-state index contributed by atoms with van der Waals surface area (Å²) in [6, 6.07) is 2.05. The summed E-state index contributed by atoms with van der Waals surface area (Å²) in [5.41, 5.74) is -0.938. The van der Waals surface area contributed by atoms with Gasteiger partial charge in [-0.15, -0.1) is 0 Å². The van der Waals surface area contributed by atoms with Crippen molar-refractivity contribution in [2.45, 2.75) is 49.8 Å². The molecular weight excluding hydrogens is 402 g/mol. The van der Waals surface area contributed by atoms with Crippen LogP contribution in [0.25, 0.3) is 0 Å². The lowest BCUT2D eigenvalue weighted by atomic mass is 9.73. The lowest BCUT2D eigenvalue weighted by Gasteiger charge is -2.36. The first-order valence-corrected chi connectivity index (χ1v) is 10.8. The zero-order chi connectivity index (χ0) is 21.4. The van der Waals surface area contributed by atoms with Crippen LogP contribution in [-0.2, 0) is 31.0 Å². The maximum absolute atomic E-state index is 12.8. The number of nitrogens with one attached hydrogen (secondary N) is 1. The van der Waals surface area contributed by atoms with E-state index >= 15 is 0 Å². The van der Waals surface area contributed by atoms with Crippen molar-refractivity contribution in [1.82, 2.24) is 14.5 Å². The lowest BCUT2D eigenvalue weighted by Crippen LogP contribution is -2.54. The molecule has 11 heteroatoms. The van der Waals surface area contributed by atoms with Crippen LogP contribution in [0.1, 0.15) is 38.4 Å². The second kappa shape index (κ2) is 7.79. The minimum atomic E-state index is -3.73. The molecule has 3 rings (SSSR count). The summed E-state index contributed by atoms with van der Waals surface area (Å²) in [4.78, 5) is 38.2. The minimum absolute atomic E-state index is 0.00564. The Morgan fingerprint density at radius 2 is 2.07 bits per heavy atom. The lowest BCUT2D eigenvalue weighted by molar-refractivity contribution is -0.150. The summed E-state index contributed by atoms with van der Waals surface area (Å²) in [5.74, 6) is -1.06. The van der Waals surface area contributed by atoms with E-state index in [1.165, 1.54) is 26.2 Å². The fourth-order valence-corrected chi connectivity index (χ4v) is 4.53. The molecule has 1 N–H and O–H groups in total. The number of rotatable bonds is 6. The van der Waals surface area contributed by atoms with Gasteiger partial charge >= 0.3 is 12.0 Å². The Balaban J connectivity index is 1.60. The summed E-state index contributed by atoms with van der Waals surface area (Å²) in [5, 5.41) is 2.50. The molecule has 2 fully saturated rings. The van der Waals surface area contributed by atoms with Crippen molar-refractivity contribution in [2.75, 3.05) is 20.6 Å². The predicted octanol–water partition coefficient (Wildman–Crippen LogP) is 1.07. The van der Waals surface area contributed by atoms with Crippen molar-refractivity contribution in [3.8, 4) is 0 Å². The zero-order valence-corrected chi connectivity index (χ0v) is 17.5. The van der Waals surface area contributed by atoms with Crippen molar-refractivity contribution in [2.24, 2.45) is 5.92 Å². The van der Waals surface area contributed by atoms with Gasteiger partial charge in [-0.25, -0.2) is 17.5 Å². The first-order chi connectivity index (χ1) is 13.6. The number of imide groups is 1. The molecular formula is C18H25N3O7S. The van der Waals surface area contributed by atoms with Crippen LogP contribution in [0.3, 0.4) is 0 Å². The van der Waals surface area contributed by atoms with Gasteiger partial charge in [-0.2, -0.15) is 0 Å². The first-order valence-electron chi connectivity index (χ1n) is 9.39. The van der Waals surface area contributed by atoms with Crippen molar-refractivity contribution in [1.29, 1.82) is 0 Å². The summed E-state index contributed by atoms with van der Waals surface area (Å²) in [6.07, 6.45) is 3.23. The smallest absolute Gasteiger partial charge is 0.326 e. The van der Waals surface area contributed by atoms with Gasteiger partial charge < -0.3 is 14.5 Å². The molecule has 1 spiro atoms. The number of sulfonamides is 1. The van der Waals surface area contributed by atoms with Gasteiger partial charge in [0.15, 0.2) is 0 Å². The van der Waals surface area contributed by atoms with Gasteiger partial charge in [-0.05, 0) is 30.9 Å². The molecule has 1 saturated carbocycles. The topological polar surface area (TPSA) is 126 Å². The van der Waals surface area contributed by atoms with E-state index in [1.807, 2.05) is 6.92 Å². The molecule has 0 aromatic carbocycles. The van der Waals surface area contributed by atoms with Gasteiger partial charge in [-0.1, -0.05) is 19.8 Å². The predicted molar refractivity (Wildman–Crippen MR) is 100.0 cm³/mol. The van der Waals surface area contributed by atoms with E-state index in [4.69, 9.17) is 9.15 Å². The van der Waals surface area contributed by atoms with Crippen LogP contribution < -0.4 is 5.32 Å². The van der Waals surface area contributed by atoms with Gasteiger partial charge in [0, 0.05) is 14.1 Å². The summed E-state index contributed by atoms with van der Waals surface area (Å²) in [6.45, 7) is 1.10. The van der Waals surface area contributed by atoms with Gasteiger partial charge in [0.25, 0.3) is 15.9 Å². The van der Waals surface area contributed by atoms with Crippen LogP contribution in [0.15, 0.2) is 21.6 Å². The Kier molecular flexibility index (Phi) is 5.72. The van der Waals surface area contributed by atoms with E-state index in [0.717, 1.165) is 28.5 Å². The van der Waals surface area contributed by atoms with Crippen LogP contribution in [0.4, 0.5) is 4.79 Å². The number of nitrogens with zero attached hydrogens (tertiary/aromatic N) is 2. The number of amides is 3. The summed E-state index contributed by atoms with van der Waals surface area (Å²) >= 11 is 0. The third kappa shape index (κ3) is 3.88. The molecule has 2 aliphatic rings. The fraction of sp³-hybridized carbons (Fsp3) is 0.611. The maximum atomic E-state index is 12.8. The molecule has 2 heterocycles. The Hall–Kier alpha value is -2.40. The van der Waals surface area contributed by atoms with Gasteiger partial charge in [-0.3, -0.25) is 14.5 Å². The summed E-state index contributed by atoms with van der Waals surface area (Å²) < 4.78 is 35.3. The second-order valence-electron chi connectivity index (χ2n) is 7.61. The van der Waals surface area contributed by atoms with Crippen LogP contribution in [0.2, 0.25) is 0 Å². The highest BCUT2D eigenvalue weighted by atomic mass is 32.2. The molecule has 3 amide bonds. The zero-order valence-electron chi connectivity index (χ0n) is 16.6. The van der Waals surface area contributed by atoms with E-state index in [0.29, 0.717) is 6.42 Å². The Morgan fingerprint density at radius 1 is 1.34 bits per heavy atom. The number of esters is 1. The standard InChI is InChI=1S/C18H25N3O7S/c1-12-6-4-5-9-18(12)16(23)21(17(24)19-18)10-14(22)27-11-13-7-8-15(28-13)29(25,26)20(2)3/h7-8,12H,4-6,9-11H2,1-3H3,(H,19,24). The van der Waals surface area contributed by atoms with Gasteiger partial charge in [0.05, 0.1) is 0 Å². The molecule has 160 valence electrons. The number of ether oxygens (including phenoxy) is 1. The summed E-state index contributed by atoms with van der Waals surface area (Å²) in [7, 11) is -0.987. The molecule has 2 atom stereocenters. The van der Waals surface area contributed by atoms with Crippen LogP contribution in [-0.4, -0.2) is 61.7 Å². The number of urea groups is 1. The van der Waals surface area contributed by atoms with Crippen LogP contribution >= 0.6 is 0 Å². The largest absolute Gasteiger partial charge is 0.456 e. The van der Waals surface area contributed by atoms with Crippen molar-refractivity contribution < 1.29 is 32.0 Å².